The van der Waals surface area contributed by atoms with Crippen molar-refractivity contribution in [1.82, 2.24) is 0 Å². The molecule has 0 atom stereocenters. The molecule has 21 heavy (non-hydrogen) atoms. The largest absolute Gasteiger partial charge is 0.391 e. The van der Waals surface area contributed by atoms with Gasteiger partial charge < -0.3 is 4.84 Å². The fourth-order valence-corrected chi connectivity index (χ4v) is 1.74. The summed E-state index contributed by atoms with van der Waals surface area (Å²) in [7, 11) is 0. The lowest BCUT2D eigenvalue weighted by Crippen LogP contribution is -1.92. The maximum absolute atomic E-state index is 12.5. The van der Waals surface area contributed by atoms with E-state index in [1.165, 1.54) is 24.4 Å². The average molecular weight is 286 g/mol. The highest BCUT2D eigenvalue weighted by molar-refractivity contribution is 5.79. The Balaban J connectivity index is 1.97. The zero-order chi connectivity index (χ0) is 15.1. The van der Waals surface area contributed by atoms with Crippen LogP contribution in [0.15, 0.2) is 53.7 Å². The highest BCUT2D eigenvalue weighted by Gasteiger charge is 2.06. The first-order valence-corrected chi connectivity index (χ1v) is 6.22. The van der Waals surface area contributed by atoms with Crippen molar-refractivity contribution in [3.63, 3.8) is 0 Å². The molecule has 2 aromatic rings. The van der Waals surface area contributed by atoms with Crippen molar-refractivity contribution in [3.05, 3.63) is 70.8 Å². The van der Waals surface area contributed by atoms with Gasteiger partial charge in [0.15, 0.2) is 0 Å². The summed E-state index contributed by atoms with van der Waals surface area (Å²) in [4.78, 5) is 5.10. The fraction of sp³-hybridized carbons (Fsp3) is 0.125. The van der Waals surface area contributed by atoms with Gasteiger partial charge in [-0.2, -0.15) is 5.26 Å². The summed E-state index contributed by atoms with van der Waals surface area (Å²) in [6.45, 7) is 0.148. The van der Waals surface area contributed by atoms with Crippen molar-refractivity contribution in [2.24, 2.45) is 5.16 Å². The van der Waals surface area contributed by atoms with Crippen LogP contribution in [0.2, 0.25) is 0 Å². The number of halogens is 2. The number of hydrogen-bond acceptors (Lipinski definition) is 3. The molecule has 0 aliphatic carbocycles. The molecule has 0 saturated carbocycles. The third kappa shape index (κ3) is 4.11. The minimum absolute atomic E-state index is 0.0613. The van der Waals surface area contributed by atoms with Crippen LogP contribution in [0.3, 0.4) is 0 Å². The number of alkyl halides is 2. The number of benzene rings is 2. The summed E-state index contributed by atoms with van der Waals surface area (Å²) in [6.07, 6.45) is -1.15. The third-order valence-electron chi connectivity index (χ3n) is 2.80. The van der Waals surface area contributed by atoms with Crippen molar-refractivity contribution >= 4 is 6.21 Å². The second kappa shape index (κ2) is 7.15. The molecule has 0 aromatic heterocycles. The van der Waals surface area contributed by atoms with Crippen molar-refractivity contribution < 1.29 is 13.6 Å². The van der Waals surface area contributed by atoms with Crippen LogP contribution in [0.4, 0.5) is 8.78 Å². The Morgan fingerprint density at radius 2 is 2.00 bits per heavy atom. The molecule has 0 bridgehead atoms. The number of oxime groups is 1. The topological polar surface area (TPSA) is 45.4 Å². The molecule has 0 unspecified atom stereocenters. The van der Waals surface area contributed by atoms with Crippen LogP contribution in [0.25, 0.3) is 0 Å². The second-order valence-corrected chi connectivity index (χ2v) is 4.25. The van der Waals surface area contributed by atoms with E-state index in [4.69, 9.17) is 10.1 Å². The van der Waals surface area contributed by atoms with Gasteiger partial charge in [0.1, 0.15) is 6.61 Å². The Morgan fingerprint density at radius 1 is 1.19 bits per heavy atom. The average Bonchev–Trinajstić information content (AvgIpc) is 2.52. The summed E-state index contributed by atoms with van der Waals surface area (Å²) in [5.74, 6) is 0. The molecule has 0 saturated heterocycles. The van der Waals surface area contributed by atoms with E-state index in [9.17, 15) is 8.78 Å². The van der Waals surface area contributed by atoms with Gasteiger partial charge in [-0.05, 0) is 17.7 Å². The quantitative estimate of drug-likeness (QED) is 0.615. The summed E-state index contributed by atoms with van der Waals surface area (Å²) in [6, 6.07) is 15.0. The molecule has 0 N–H and O–H groups in total. The standard InChI is InChI=1S/C16H12F2N2O/c17-16(18)13-7-3-4-12(8-13)10-20-21-11-15-6-2-1-5-14(15)9-19/h1-8,10,16H,11H2. The molecule has 0 fully saturated rings. The Bertz CT molecular complexity index is 678. The predicted octanol–water partition coefficient (Wildman–Crippen LogP) is 4.05. The van der Waals surface area contributed by atoms with E-state index in [0.717, 1.165) is 5.56 Å². The van der Waals surface area contributed by atoms with E-state index in [1.807, 2.05) is 0 Å². The molecular weight excluding hydrogens is 274 g/mol. The van der Waals surface area contributed by atoms with Crippen molar-refractivity contribution in [2.45, 2.75) is 13.0 Å². The number of nitriles is 1. The molecule has 2 aromatic carbocycles. The van der Waals surface area contributed by atoms with Gasteiger partial charge in [0.25, 0.3) is 6.43 Å². The lowest BCUT2D eigenvalue weighted by molar-refractivity contribution is 0.132. The fourth-order valence-electron chi connectivity index (χ4n) is 1.74. The monoisotopic (exact) mass is 286 g/mol. The van der Waals surface area contributed by atoms with E-state index in [2.05, 4.69) is 11.2 Å². The summed E-state index contributed by atoms with van der Waals surface area (Å²) >= 11 is 0. The van der Waals surface area contributed by atoms with Crippen molar-refractivity contribution in [1.29, 1.82) is 5.26 Å². The number of hydrogen-bond donors (Lipinski definition) is 0. The molecule has 3 nitrogen and oxygen atoms in total. The molecule has 2 rings (SSSR count). The molecule has 0 aliphatic heterocycles. The molecule has 0 heterocycles. The lowest BCUT2D eigenvalue weighted by Gasteiger charge is -2.02. The smallest absolute Gasteiger partial charge is 0.263 e. The number of nitrogens with zero attached hydrogens (tertiary/aromatic N) is 2. The highest BCUT2D eigenvalue weighted by Crippen LogP contribution is 2.18. The SMILES string of the molecule is N#Cc1ccccc1CON=Cc1cccc(C(F)F)c1. The molecule has 0 amide bonds. The van der Waals surface area contributed by atoms with E-state index in [0.29, 0.717) is 11.1 Å². The zero-order valence-electron chi connectivity index (χ0n) is 11.0. The Labute approximate surface area is 121 Å². The molecule has 0 aliphatic rings. The lowest BCUT2D eigenvalue weighted by atomic mass is 10.1. The molecule has 5 heteroatoms. The third-order valence-corrected chi connectivity index (χ3v) is 2.80. The second-order valence-electron chi connectivity index (χ2n) is 4.25. The normalized spacial score (nSPS) is 10.8. The van der Waals surface area contributed by atoms with Gasteiger partial charge in [0.2, 0.25) is 0 Å². The van der Waals surface area contributed by atoms with Gasteiger partial charge in [-0.15, -0.1) is 0 Å². The Kier molecular flexibility index (Phi) is 4.99. The van der Waals surface area contributed by atoms with Crippen LogP contribution in [0, 0.1) is 11.3 Å². The Hall–Kier alpha value is -2.74. The van der Waals surface area contributed by atoms with E-state index < -0.39 is 6.43 Å². The van der Waals surface area contributed by atoms with Gasteiger partial charge in [-0.25, -0.2) is 8.78 Å². The van der Waals surface area contributed by atoms with Crippen LogP contribution in [0.1, 0.15) is 28.7 Å². The van der Waals surface area contributed by atoms with Crippen LogP contribution in [0.5, 0.6) is 0 Å². The van der Waals surface area contributed by atoms with Gasteiger partial charge in [-0.3, -0.25) is 0 Å². The molecule has 0 spiro atoms. The van der Waals surface area contributed by atoms with Gasteiger partial charge in [-0.1, -0.05) is 41.6 Å². The molecule has 106 valence electrons. The highest BCUT2D eigenvalue weighted by atomic mass is 19.3. The minimum Gasteiger partial charge on any atom is -0.391 e. The van der Waals surface area contributed by atoms with Crippen LogP contribution in [-0.2, 0) is 11.4 Å². The van der Waals surface area contributed by atoms with Gasteiger partial charge >= 0.3 is 0 Å². The van der Waals surface area contributed by atoms with Gasteiger partial charge in [0.05, 0.1) is 17.8 Å². The van der Waals surface area contributed by atoms with Crippen LogP contribution >= 0.6 is 0 Å². The van der Waals surface area contributed by atoms with Crippen molar-refractivity contribution in [3.8, 4) is 6.07 Å². The summed E-state index contributed by atoms with van der Waals surface area (Å²) in [5.41, 5.74) is 1.71. The van der Waals surface area contributed by atoms with Crippen LogP contribution in [-0.4, -0.2) is 6.21 Å². The van der Waals surface area contributed by atoms with Crippen molar-refractivity contribution in [2.75, 3.05) is 0 Å². The molecule has 0 radical (unpaired) electrons. The first kappa shape index (κ1) is 14.7. The molecular formula is C16H12F2N2O. The Morgan fingerprint density at radius 3 is 2.76 bits per heavy atom. The first-order valence-electron chi connectivity index (χ1n) is 6.22. The van der Waals surface area contributed by atoms with Gasteiger partial charge in [0, 0.05) is 11.1 Å². The minimum atomic E-state index is -2.51. The zero-order valence-corrected chi connectivity index (χ0v) is 11.0. The maximum Gasteiger partial charge on any atom is 0.263 e. The summed E-state index contributed by atoms with van der Waals surface area (Å²) < 4.78 is 25.1. The van der Waals surface area contributed by atoms with E-state index in [-0.39, 0.29) is 12.2 Å². The maximum atomic E-state index is 12.5. The summed E-state index contributed by atoms with van der Waals surface area (Å²) in [5, 5.41) is 12.7. The van der Waals surface area contributed by atoms with Crippen LogP contribution < -0.4 is 0 Å². The first-order chi connectivity index (χ1) is 10.2. The van der Waals surface area contributed by atoms with E-state index >= 15 is 0 Å². The predicted molar refractivity (Wildman–Crippen MR) is 74.9 cm³/mol. The number of rotatable bonds is 5. The van der Waals surface area contributed by atoms with E-state index in [1.54, 1.807) is 30.3 Å².